The molecule has 2 aliphatic rings. The van der Waals surface area contributed by atoms with E-state index < -0.39 is 5.41 Å². The molecule has 29 heavy (non-hydrogen) atoms. The number of hydrogen-bond donors (Lipinski definition) is 0. The van der Waals surface area contributed by atoms with Crippen molar-refractivity contribution < 1.29 is 14.3 Å². The van der Waals surface area contributed by atoms with Crippen LogP contribution in [0.2, 0.25) is 0 Å². The zero-order valence-corrected chi connectivity index (χ0v) is 16.9. The van der Waals surface area contributed by atoms with Gasteiger partial charge in [-0.1, -0.05) is 18.1 Å². The van der Waals surface area contributed by atoms with Crippen molar-refractivity contribution in [2.24, 2.45) is 5.41 Å². The van der Waals surface area contributed by atoms with Crippen molar-refractivity contribution in [3.8, 4) is 29.0 Å². The van der Waals surface area contributed by atoms with Crippen molar-refractivity contribution in [3.63, 3.8) is 0 Å². The fraction of sp³-hybridized carbons (Fsp3) is 0.360. The van der Waals surface area contributed by atoms with Gasteiger partial charge in [0.05, 0.1) is 23.8 Å². The first kappa shape index (κ1) is 19.4. The molecule has 146 valence electrons. The Labute approximate surface area is 171 Å². The Bertz CT molecular complexity index is 1070. The zero-order chi connectivity index (χ0) is 20.6. The predicted octanol–water partition coefficient (Wildman–Crippen LogP) is 4.15. The van der Waals surface area contributed by atoms with E-state index in [1.165, 1.54) is 0 Å². The van der Waals surface area contributed by atoms with Crippen molar-refractivity contribution >= 4 is 5.78 Å². The van der Waals surface area contributed by atoms with Gasteiger partial charge in [0.1, 0.15) is 0 Å². The van der Waals surface area contributed by atoms with Crippen molar-refractivity contribution in [1.29, 1.82) is 5.26 Å². The number of hydrogen-bond acceptors (Lipinski definition) is 4. The number of ketones is 1. The standard InChI is InChI=1S/C25H23NO3/c1-4-5-16-8-17(15-26)10-20(9-16)18-6-7-19-12-25(24(27)21(19)11-18)13-22(28-2)23(14-25)29-3/h6-11,22-23H,12-14H2,1-3H3/t22-,23+,25?. The highest BCUT2D eigenvalue weighted by Gasteiger charge is 2.54. The summed E-state index contributed by atoms with van der Waals surface area (Å²) in [6, 6.07) is 13.8. The van der Waals surface area contributed by atoms with E-state index in [0.29, 0.717) is 18.4 Å². The van der Waals surface area contributed by atoms with Gasteiger partial charge in [-0.05, 0) is 67.1 Å². The van der Waals surface area contributed by atoms with E-state index in [9.17, 15) is 10.1 Å². The highest BCUT2D eigenvalue weighted by atomic mass is 16.5. The average Bonchev–Trinajstić information content (AvgIpc) is 3.24. The molecule has 4 rings (SSSR count). The molecule has 1 spiro atoms. The summed E-state index contributed by atoms with van der Waals surface area (Å²) in [4.78, 5) is 13.4. The second-order valence-corrected chi connectivity index (χ2v) is 7.90. The van der Waals surface area contributed by atoms with Crippen LogP contribution in [0.3, 0.4) is 0 Å². The maximum absolute atomic E-state index is 13.4. The fourth-order valence-corrected chi connectivity index (χ4v) is 4.84. The van der Waals surface area contributed by atoms with Crippen LogP contribution in [0.1, 0.15) is 46.8 Å². The van der Waals surface area contributed by atoms with Crippen LogP contribution < -0.4 is 0 Å². The van der Waals surface area contributed by atoms with Crippen LogP contribution in [0.4, 0.5) is 0 Å². The van der Waals surface area contributed by atoms with Crippen molar-refractivity contribution in [3.05, 3.63) is 58.7 Å². The Hall–Kier alpha value is -2.92. The summed E-state index contributed by atoms with van der Waals surface area (Å²) in [7, 11) is 3.36. The van der Waals surface area contributed by atoms with Gasteiger partial charge in [-0.15, -0.1) is 5.92 Å². The normalized spacial score (nSPS) is 24.8. The molecule has 2 aliphatic carbocycles. The van der Waals surface area contributed by atoms with Crippen LogP contribution in [0.15, 0.2) is 36.4 Å². The van der Waals surface area contributed by atoms with Crippen LogP contribution in [0.25, 0.3) is 11.1 Å². The second-order valence-electron chi connectivity index (χ2n) is 7.90. The number of benzene rings is 2. The van der Waals surface area contributed by atoms with Gasteiger partial charge in [-0.3, -0.25) is 4.79 Å². The van der Waals surface area contributed by atoms with Gasteiger partial charge >= 0.3 is 0 Å². The molecule has 1 unspecified atom stereocenters. The molecular formula is C25H23NO3. The predicted molar refractivity (Wildman–Crippen MR) is 110 cm³/mol. The summed E-state index contributed by atoms with van der Waals surface area (Å²) in [5.74, 6) is 6.08. The van der Waals surface area contributed by atoms with E-state index in [1.54, 1.807) is 27.2 Å². The van der Waals surface area contributed by atoms with Crippen LogP contribution in [0, 0.1) is 28.6 Å². The third kappa shape index (κ3) is 3.25. The summed E-state index contributed by atoms with van der Waals surface area (Å²) >= 11 is 0. The van der Waals surface area contributed by atoms with Gasteiger partial charge in [-0.25, -0.2) is 0 Å². The Morgan fingerprint density at radius 2 is 1.69 bits per heavy atom. The number of nitriles is 1. The molecule has 0 aromatic heterocycles. The van der Waals surface area contributed by atoms with Gasteiger partial charge in [0.25, 0.3) is 0 Å². The molecule has 1 fully saturated rings. The maximum Gasteiger partial charge on any atom is 0.169 e. The van der Waals surface area contributed by atoms with E-state index in [2.05, 4.69) is 17.9 Å². The molecule has 4 nitrogen and oxygen atoms in total. The quantitative estimate of drug-likeness (QED) is 0.745. The van der Waals surface area contributed by atoms with E-state index in [0.717, 1.165) is 34.2 Å². The summed E-state index contributed by atoms with van der Waals surface area (Å²) in [5, 5.41) is 9.36. The fourth-order valence-electron chi connectivity index (χ4n) is 4.84. The van der Waals surface area contributed by atoms with Crippen LogP contribution in [-0.2, 0) is 15.9 Å². The number of Topliss-reactive ketones (excluding diaryl/α,β-unsaturated/α-hetero) is 1. The van der Waals surface area contributed by atoms with Crippen LogP contribution >= 0.6 is 0 Å². The molecule has 2 aromatic carbocycles. The molecule has 2 aromatic rings. The number of nitrogens with zero attached hydrogens (tertiary/aromatic N) is 1. The number of rotatable bonds is 3. The highest BCUT2D eigenvalue weighted by molar-refractivity contribution is 6.06. The van der Waals surface area contributed by atoms with Gasteiger partial charge < -0.3 is 9.47 Å². The summed E-state index contributed by atoms with van der Waals surface area (Å²) < 4.78 is 11.2. The largest absolute Gasteiger partial charge is 0.379 e. The molecule has 0 bridgehead atoms. The van der Waals surface area contributed by atoms with Crippen LogP contribution in [0.5, 0.6) is 0 Å². The van der Waals surface area contributed by atoms with E-state index in [1.807, 2.05) is 30.3 Å². The lowest BCUT2D eigenvalue weighted by atomic mass is 9.82. The molecular weight excluding hydrogens is 362 g/mol. The Kier molecular flexibility index (Phi) is 5.01. The van der Waals surface area contributed by atoms with Crippen molar-refractivity contribution in [1.82, 2.24) is 0 Å². The number of methoxy groups -OCH3 is 2. The van der Waals surface area contributed by atoms with Crippen LogP contribution in [-0.4, -0.2) is 32.2 Å². The first-order valence-corrected chi connectivity index (χ1v) is 9.75. The number of ether oxygens (including phenoxy) is 2. The van der Waals surface area contributed by atoms with E-state index in [4.69, 9.17) is 9.47 Å². The molecule has 0 N–H and O–H groups in total. The summed E-state index contributed by atoms with van der Waals surface area (Å²) in [6.45, 7) is 1.77. The molecule has 0 saturated heterocycles. The first-order valence-electron chi connectivity index (χ1n) is 9.75. The lowest BCUT2D eigenvalue weighted by Crippen LogP contribution is -2.25. The van der Waals surface area contributed by atoms with Crippen molar-refractivity contribution in [2.45, 2.75) is 38.4 Å². The minimum atomic E-state index is -0.435. The summed E-state index contributed by atoms with van der Waals surface area (Å²) in [6.07, 6.45) is 1.99. The van der Waals surface area contributed by atoms with Gasteiger partial charge in [0.15, 0.2) is 5.78 Å². The minimum absolute atomic E-state index is 0.0554. The molecule has 1 saturated carbocycles. The number of carbonyl (C=O) groups is 1. The monoisotopic (exact) mass is 385 g/mol. The molecule has 0 aliphatic heterocycles. The smallest absolute Gasteiger partial charge is 0.169 e. The number of carbonyl (C=O) groups excluding carboxylic acids is 1. The van der Waals surface area contributed by atoms with Gasteiger partial charge in [0, 0.05) is 30.8 Å². The molecule has 3 atom stereocenters. The van der Waals surface area contributed by atoms with Crippen molar-refractivity contribution in [2.75, 3.05) is 14.2 Å². The molecule has 0 radical (unpaired) electrons. The molecule has 0 amide bonds. The Morgan fingerprint density at radius 3 is 2.31 bits per heavy atom. The zero-order valence-electron chi connectivity index (χ0n) is 16.9. The topological polar surface area (TPSA) is 59.3 Å². The van der Waals surface area contributed by atoms with E-state index in [-0.39, 0.29) is 18.0 Å². The summed E-state index contributed by atoms with van der Waals surface area (Å²) in [5.41, 5.74) is 4.60. The maximum atomic E-state index is 13.4. The van der Waals surface area contributed by atoms with Gasteiger partial charge in [-0.2, -0.15) is 5.26 Å². The number of fused-ring (bicyclic) bond motifs is 1. The minimum Gasteiger partial charge on any atom is -0.379 e. The highest BCUT2D eigenvalue weighted by Crippen LogP contribution is 2.50. The SMILES string of the molecule is CC#Cc1cc(C#N)cc(-c2ccc3c(c2)C(=O)C2(C3)C[C@H](OC)[C@H](OC)C2)c1. The third-order valence-corrected chi connectivity index (χ3v) is 6.23. The molecule has 0 heterocycles. The lowest BCUT2D eigenvalue weighted by Gasteiger charge is -2.20. The molecule has 4 heteroatoms. The average molecular weight is 385 g/mol. The third-order valence-electron chi connectivity index (χ3n) is 6.23. The second kappa shape index (κ2) is 7.48. The first-order chi connectivity index (χ1) is 14.0. The Morgan fingerprint density at radius 1 is 1.00 bits per heavy atom. The Balaban J connectivity index is 1.72. The van der Waals surface area contributed by atoms with E-state index >= 15 is 0 Å². The lowest BCUT2D eigenvalue weighted by molar-refractivity contribution is -0.0157. The van der Waals surface area contributed by atoms with Gasteiger partial charge in [0.2, 0.25) is 0 Å².